The Morgan fingerprint density at radius 3 is 2.45 bits per heavy atom. The Labute approximate surface area is 126 Å². The SMILES string of the molecule is CN(CC(C)(C)CN)S(=O)(=O)Cc1cccc(F)c1.Cl. The lowest BCUT2D eigenvalue weighted by Gasteiger charge is -2.28. The minimum atomic E-state index is -3.46. The Bertz CT molecular complexity index is 535. The van der Waals surface area contributed by atoms with Gasteiger partial charge in [-0.15, -0.1) is 12.4 Å². The van der Waals surface area contributed by atoms with E-state index in [9.17, 15) is 12.8 Å². The van der Waals surface area contributed by atoms with Crippen molar-refractivity contribution in [1.29, 1.82) is 0 Å². The normalized spacial score (nSPS) is 12.3. The van der Waals surface area contributed by atoms with Crippen LogP contribution in [0.5, 0.6) is 0 Å². The third kappa shape index (κ3) is 5.75. The van der Waals surface area contributed by atoms with Gasteiger partial charge in [-0.2, -0.15) is 0 Å². The Hall–Kier alpha value is -0.690. The van der Waals surface area contributed by atoms with Gasteiger partial charge >= 0.3 is 0 Å². The Morgan fingerprint density at radius 2 is 1.95 bits per heavy atom. The highest BCUT2D eigenvalue weighted by Crippen LogP contribution is 2.18. The number of hydrogen-bond donors (Lipinski definition) is 1. The second-order valence-electron chi connectivity index (χ2n) is 5.51. The van der Waals surface area contributed by atoms with Gasteiger partial charge in [0.1, 0.15) is 5.82 Å². The molecule has 0 saturated heterocycles. The van der Waals surface area contributed by atoms with Crippen LogP contribution >= 0.6 is 12.4 Å². The number of halogens is 2. The fraction of sp³-hybridized carbons (Fsp3) is 0.538. The number of hydrogen-bond acceptors (Lipinski definition) is 3. The van der Waals surface area contributed by atoms with E-state index in [4.69, 9.17) is 5.73 Å². The number of nitrogens with zero attached hydrogens (tertiary/aromatic N) is 1. The van der Waals surface area contributed by atoms with Crippen molar-refractivity contribution in [3.8, 4) is 0 Å². The number of nitrogens with two attached hydrogens (primary N) is 1. The van der Waals surface area contributed by atoms with Crippen LogP contribution in [0.1, 0.15) is 19.4 Å². The second kappa shape index (κ2) is 7.36. The van der Waals surface area contributed by atoms with E-state index in [-0.39, 0.29) is 23.6 Å². The van der Waals surface area contributed by atoms with Crippen LogP contribution in [0, 0.1) is 11.2 Å². The Balaban J connectivity index is 0.00000361. The molecule has 2 N–H and O–H groups in total. The van der Waals surface area contributed by atoms with E-state index in [0.717, 1.165) is 0 Å². The van der Waals surface area contributed by atoms with Crippen molar-refractivity contribution >= 4 is 22.4 Å². The number of sulfonamides is 1. The fourth-order valence-electron chi connectivity index (χ4n) is 1.71. The summed E-state index contributed by atoms with van der Waals surface area (Å²) < 4.78 is 38.7. The van der Waals surface area contributed by atoms with Gasteiger partial charge in [0.15, 0.2) is 0 Å². The summed E-state index contributed by atoms with van der Waals surface area (Å²) in [6.45, 7) is 4.54. The summed E-state index contributed by atoms with van der Waals surface area (Å²) in [6, 6.07) is 5.63. The average Bonchev–Trinajstić information content (AvgIpc) is 2.27. The maximum Gasteiger partial charge on any atom is 0.218 e. The lowest BCUT2D eigenvalue weighted by atomic mass is 9.94. The summed E-state index contributed by atoms with van der Waals surface area (Å²) in [4.78, 5) is 0. The molecule has 1 aromatic carbocycles. The molecule has 20 heavy (non-hydrogen) atoms. The molecule has 7 heteroatoms. The van der Waals surface area contributed by atoms with E-state index in [0.29, 0.717) is 18.7 Å². The monoisotopic (exact) mass is 324 g/mol. The highest BCUT2D eigenvalue weighted by Gasteiger charge is 2.25. The molecule has 0 aromatic heterocycles. The summed E-state index contributed by atoms with van der Waals surface area (Å²) in [5.74, 6) is -0.639. The third-order valence-corrected chi connectivity index (χ3v) is 4.69. The summed E-state index contributed by atoms with van der Waals surface area (Å²) >= 11 is 0. The molecule has 0 heterocycles. The molecule has 0 aliphatic heterocycles. The Morgan fingerprint density at radius 1 is 1.35 bits per heavy atom. The van der Waals surface area contributed by atoms with Crippen molar-refractivity contribution in [2.45, 2.75) is 19.6 Å². The van der Waals surface area contributed by atoms with Gasteiger partial charge in [-0.05, 0) is 29.7 Å². The number of rotatable bonds is 6. The molecule has 0 radical (unpaired) electrons. The first-order valence-electron chi connectivity index (χ1n) is 6.05. The van der Waals surface area contributed by atoms with Crippen LogP contribution in [-0.4, -0.2) is 32.9 Å². The van der Waals surface area contributed by atoms with E-state index < -0.39 is 15.8 Å². The van der Waals surface area contributed by atoms with Gasteiger partial charge in [0.2, 0.25) is 10.0 Å². The maximum absolute atomic E-state index is 13.0. The van der Waals surface area contributed by atoms with E-state index >= 15 is 0 Å². The van der Waals surface area contributed by atoms with Crippen LogP contribution in [-0.2, 0) is 15.8 Å². The van der Waals surface area contributed by atoms with Crippen LogP contribution in [0.15, 0.2) is 24.3 Å². The average molecular weight is 325 g/mol. The molecule has 116 valence electrons. The van der Waals surface area contributed by atoms with E-state index in [1.807, 2.05) is 13.8 Å². The molecule has 0 amide bonds. The zero-order valence-electron chi connectivity index (χ0n) is 12.0. The van der Waals surface area contributed by atoms with Gasteiger partial charge < -0.3 is 5.73 Å². The zero-order valence-corrected chi connectivity index (χ0v) is 13.6. The molecule has 0 saturated carbocycles. The highest BCUT2D eigenvalue weighted by atomic mass is 35.5. The standard InChI is InChI=1S/C13H21FN2O2S.ClH/c1-13(2,9-15)10-16(3)19(17,18)8-11-5-4-6-12(14)7-11;/h4-7H,8-10,15H2,1-3H3;1H. The first-order valence-corrected chi connectivity index (χ1v) is 7.66. The van der Waals surface area contributed by atoms with E-state index in [1.54, 1.807) is 6.07 Å². The predicted octanol–water partition coefficient (Wildman–Crippen LogP) is 1.99. The Kier molecular flexibility index (Phi) is 7.10. The maximum atomic E-state index is 13.0. The van der Waals surface area contributed by atoms with E-state index in [1.165, 1.54) is 29.6 Å². The minimum absolute atomic E-state index is 0. The summed E-state index contributed by atoms with van der Waals surface area (Å²) in [5.41, 5.74) is 5.75. The first kappa shape index (κ1) is 19.3. The summed E-state index contributed by atoms with van der Waals surface area (Å²) in [6.07, 6.45) is 0. The predicted molar refractivity (Wildman–Crippen MR) is 81.7 cm³/mol. The van der Waals surface area contributed by atoms with Gasteiger partial charge in [0.25, 0.3) is 0 Å². The van der Waals surface area contributed by atoms with Crippen molar-refractivity contribution in [3.63, 3.8) is 0 Å². The summed E-state index contributed by atoms with van der Waals surface area (Å²) in [7, 11) is -1.94. The van der Waals surface area contributed by atoms with Crippen molar-refractivity contribution in [3.05, 3.63) is 35.6 Å². The topological polar surface area (TPSA) is 63.4 Å². The molecule has 0 aliphatic carbocycles. The van der Waals surface area contributed by atoms with Gasteiger partial charge in [-0.25, -0.2) is 17.1 Å². The zero-order chi connectivity index (χ0) is 14.7. The molecule has 1 aromatic rings. The molecule has 0 aliphatic rings. The largest absolute Gasteiger partial charge is 0.330 e. The lowest BCUT2D eigenvalue weighted by Crippen LogP contribution is -2.40. The molecular weight excluding hydrogens is 303 g/mol. The molecule has 0 unspecified atom stereocenters. The van der Waals surface area contributed by atoms with Gasteiger partial charge in [-0.1, -0.05) is 26.0 Å². The highest BCUT2D eigenvalue weighted by molar-refractivity contribution is 7.88. The number of benzene rings is 1. The van der Waals surface area contributed by atoms with Crippen molar-refractivity contribution in [2.75, 3.05) is 20.1 Å². The van der Waals surface area contributed by atoms with Gasteiger partial charge in [-0.3, -0.25) is 0 Å². The minimum Gasteiger partial charge on any atom is -0.330 e. The summed E-state index contributed by atoms with van der Waals surface area (Å²) in [5, 5.41) is 0. The molecule has 0 bridgehead atoms. The van der Waals surface area contributed by atoms with E-state index in [2.05, 4.69) is 0 Å². The molecular formula is C13H22ClFN2O2S. The lowest BCUT2D eigenvalue weighted by molar-refractivity contribution is 0.291. The van der Waals surface area contributed by atoms with Crippen LogP contribution in [0.3, 0.4) is 0 Å². The van der Waals surface area contributed by atoms with Crippen LogP contribution in [0.25, 0.3) is 0 Å². The molecule has 0 spiro atoms. The first-order chi connectivity index (χ1) is 8.66. The van der Waals surface area contributed by atoms with Crippen LogP contribution < -0.4 is 5.73 Å². The molecule has 0 fully saturated rings. The van der Waals surface area contributed by atoms with Gasteiger partial charge in [0, 0.05) is 13.6 Å². The smallest absolute Gasteiger partial charge is 0.218 e. The van der Waals surface area contributed by atoms with Crippen molar-refractivity contribution in [2.24, 2.45) is 11.1 Å². The van der Waals surface area contributed by atoms with Gasteiger partial charge in [0.05, 0.1) is 5.75 Å². The van der Waals surface area contributed by atoms with Crippen molar-refractivity contribution < 1.29 is 12.8 Å². The van der Waals surface area contributed by atoms with Crippen molar-refractivity contribution in [1.82, 2.24) is 4.31 Å². The van der Waals surface area contributed by atoms with Crippen LogP contribution in [0.4, 0.5) is 4.39 Å². The fourth-order valence-corrected chi connectivity index (χ4v) is 3.08. The molecule has 4 nitrogen and oxygen atoms in total. The van der Waals surface area contributed by atoms with Crippen LogP contribution in [0.2, 0.25) is 0 Å². The molecule has 0 atom stereocenters. The quantitative estimate of drug-likeness (QED) is 0.870. The third-order valence-electron chi connectivity index (χ3n) is 2.92. The molecule has 1 rings (SSSR count). The second-order valence-corrected chi connectivity index (χ2v) is 7.59.